The Hall–Kier alpha value is -2.04. The van der Waals surface area contributed by atoms with E-state index < -0.39 is 17.0 Å². The molecule has 4 rings (SSSR count). The third kappa shape index (κ3) is 3.51. The minimum Gasteiger partial charge on any atom is -0.486 e. The number of carbonyl (C=O) groups is 2. The van der Waals surface area contributed by atoms with Gasteiger partial charge in [0.2, 0.25) is 5.91 Å². The third-order valence-corrected chi connectivity index (χ3v) is 5.99. The topological polar surface area (TPSA) is 75.6 Å². The molecule has 136 valence electrons. The Labute approximate surface area is 148 Å². The average molecular weight is 345 g/mol. The van der Waals surface area contributed by atoms with Crippen molar-refractivity contribution >= 4 is 11.9 Å². The fourth-order valence-corrected chi connectivity index (χ4v) is 4.17. The molecule has 0 aromatic heterocycles. The maximum Gasteiger partial charge on any atom is 0.309 e. The van der Waals surface area contributed by atoms with Crippen LogP contribution in [0.15, 0.2) is 30.3 Å². The Bertz CT molecular complexity index is 628. The van der Waals surface area contributed by atoms with Crippen LogP contribution >= 0.6 is 0 Å². The summed E-state index contributed by atoms with van der Waals surface area (Å²) in [4.78, 5) is 24.4. The predicted octanol–water partition coefficient (Wildman–Crippen LogP) is 3.39. The van der Waals surface area contributed by atoms with E-state index in [2.05, 4.69) is 5.32 Å². The lowest BCUT2D eigenvalue weighted by Crippen LogP contribution is -2.54. The van der Waals surface area contributed by atoms with Gasteiger partial charge in [0.15, 0.2) is 0 Å². The fourth-order valence-electron chi connectivity index (χ4n) is 4.17. The summed E-state index contributed by atoms with van der Waals surface area (Å²) >= 11 is 0. The number of benzene rings is 1. The number of amides is 1. The molecule has 2 bridgehead atoms. The molecule has 0 spiro atoms. The molecule has 0 unspecified atom stereocenters. The number of fused-ring (bicyclic) bond motifs is 3. The van der Waals surface area contributed by atoms with Gasteiger partial charge in [-0.15, -0.1) is 0 Å². The summed E-state index contributed by atoms with van der Waals surface area (Å²) in [5, 5.41) is 12.5. The van der Waals surface area contributed by atoms with Gasteiger partial charge < -0.3 is 15.2 Å². The first kappa shape index (κ1) is 17.8. The van der Waals surface area contributed by atoms with Gasteiger partial charge in [-0.1, -0.05) is 18.2 Å². The van der Waals surface area contributed by atoms with Gasteiger partial charge in [0.25, 0.3) is 0 Å². The van der Waals surface area contributed by atoms with E-state index in [0.29, 0.717) is 45.1 Å². The van der Waals surface area contributed by atoms with E-state index in [1.807, 2.05) is 44.2 Å². The predicted molar refractivity (Wildman–Crippen MR) is 94.4 cm³/mol. The highest BCUT2D eigenvalue weighted by Gasteiger charge is 2.55. The lowest BCUT2D eigenvalue weighted by molar-refractivity contribution is -0.163. The van der Waals surface area contributed by atoms with Gasteiger partial charge in [0.1, 0.15) is 11.4 Å². The Kier molecular flexibility index (Phi) is 4.52. The van der Waals surface area contributed by atoms with E-state index in [-0.39, 0.29) is 11.3 Å². The molecule has 1 aromatic rings. The standard InChI is InChI=1S/C20H27NO4/c1-18(2,25-15-6-4-3-5-7-15)14-21-16(22)19-8-11-20(12-9-19,13-10-19)17(23)24/h3-7H,8-14H2,1-2H3,(H,21,22)(H,23,24). The Morgan fingerprint density at radius 2 is 1.56 bits per heavy atom. The quantitative estimate of drug-likeness (QED) is 0.829. The molecular weight excluding hydrogens is 318 g/mol. The van der Waals surface area contributed by atoms with Crippen molar-refractivity contribution in [2.24, 2.45) is 10.8 Å². The normalized spacial score (nSPS) is 28.4. The second kappa shape index (κ2) is 6.36. The summed E-state index contributed by atoms with van der Waals surface area (Å²) in [6, 6.07) is 9.57. The number of rotatable bonds is 6. The summed E-state index contributed by atoms with van der Waals surface area (Å²) in [6.45, 7) is 4.33. The van der Waals surface area contributed by atoms with Crippen LogP contribution in [0.5, 0.6) is 5.75 Å². The van der Waals surface area contributed by atoms with Gasteiger partial charge in [0, 0.05) is 5.41 Å². The van der Waals surface area contributed by atoms with Crippen LogP contribution in [0.1, 0.15) is 52.4 Å². The van der Waals surface area contributed by atoms with E-state index in [9.17, 15) is 14.7 Å². The van der Waals surface area contributed by atoms with Crippen LogP contribution in [0.3, 0.4) is 0 Å². The minimum absolute atomic E-state index is 0.0518. The molecular formula is C20H27NO4. The van der Waals surface area contributed by atoms with Crippen LogP contribution in [0, 0.1) is 10.8 Å². The third-order valence-electron chi connectivity index (χ3n) is 5.99. The zero-order valence-electron chi connectivity index (χ0n) is 15.0. The summed E-state index contributed by atoms with van der Waals surface area (Å²) in [5.74, 6) is 0.135. The Morgan fingerprint density at radius 3 is 2.08 bits per heavy atom. The monoisotopic (exact) mass is 345 g/mol. The van der Waals surface area contributed by atoms with Gasteiger partial charge in [-0.25, -0.2) is 0 Å². The number of nitrogens with one attached hydrogen (secondary N) is 1. The van der Waals surface area contributed by atoms with Crippen LogP contribution in [0.25, 0.3) is 0 Å². The molecule has 2 N–H and O–H groups in total. The van der Waals surface area contributed by atoms with Crippen molar-refractivity contribution in [3.8, 4) is 5.75 Å². The molecule has 1 amide bonds. The van der Waals surface area contributed by atoms with Gasteiger partial charge >= 0.3 is 5.97 Å². The molecule has 0 atom stereocenters. The molecule has 3 saturated carbocycles. The van der Waals surface area contributed by atoms with E-state index in [0.717, 1.165) is 5.75 Å². The molecule has 3 aliphatic carbocycles. The summed E-state index contributed by atoms with van der Waals surface area (Å²) in [5.41, 5.74) is -1.49. The van der Waals surface area contributed by atoms with Crippen LogP contribution in [0.4, 0.5) is 0 Å². The van der Waals surface area contributed by atoms with Crippen molar-refractivity contribution in [3.63, 3.8) is 0 Å². The molecule has 3 aliphatic rings. The van der Waals surface area contributed by atoms with Crippen molar-refractivity contribution in [2.75, 3.05) is 6.54 Å². The molecule has 25 heavy (non-hydrogen) atoms. The second-order valence-corrected chi connectivity index (χ2v) is 8.22. The van der Waals surface area contributed by atoms with Crippen molar-refractivity contribution in [1.82, 2.24) is 5.32 Å². The Balaban J connectivity index is 1.57. The summed E-state index contributed by atoms with van der Waals surface area (Å²) in [7, 11) is 0. The lowest BCUT2D eigenvalue weighted by Gasteiger charge is -2.50. The number of hydrogen-bond acceptors (Lipinski definition) is 3. The molecule has 0 saturated heterocycles. The first-order valence-corrected chi connectivity index (χ1v) is 9.03. The smallest absolute Gasteiger partial charge is 0.309 e. The number of carboxylic acids is 1. The van der Waals surface area contributed by atoms with Crippen molar-refractivity contribution in [2.45, 2.75) is 58.0 Å². The fraction of sp³-hybridized carbons (Fsp3) is 0.600. The number of para-hydroxylation sites is 1. The van der Waals surface area contributed by atoms with Crippen LogP contribution in [0.2, 0.25) is 0 Å². The van der Waals surface area contributed by atoms with E-state index in [1.165, 1.54) is 0 Å². The molecule has 0 aliphatic heterocycles. The SMILES string of the molecule is CC(C)(CNC(=O)C12CCC(C(=O)O)(CC1)CC2)Oc1ccccc1. The van der Waals surface area contributed by atoms with Gasteiger partial charge in [-0.3, -0.25) is 9.59 Å². The number of aliphatic carboxylic acids is 1. The molecule has 5 heteroatoms. The first-order chi connectivity index (χ1) is 11.8. The number of carbonyl (C=O) groups excluding carboxylic acids is 1. The highest BCUT2D eigenvalue weighted by atomic mass is 16.5. The van der Waals surface area contributed by atoms with Gasteiger partial charge in [-0.2, -0.15) is 0 Å². The Morgan fingerprint density at radius 1 is 1.04 bits per heavy atom. The second-order valence-electron chi connectivity index (χ2n) is 8.22. The number of ether oxygens (including phenoxy) is 1. The number of carboxylic acid groups (broad SMARTS) is 1. The molecule has 0 heterocycles. The average Bonchev–Trinajstić information content (AvgIpc) is 2.61. The van der Waals surface area contributed by atoms with Crippen molar-refractivity contribution in [3.05, 3.63) is 30.3 Å². The summed E-state index contributed by atoms with van der Waals surface area (Å²) in [6.07, 6.45) is 3.85. The first-order valence-electron chi connectivity index (χ1n) is 9.03. The molecule has 1 aromatic carbocycles. The zero-order chi connectivity index (χ0) is 18.1. The van der Waals surface area contributed by atoms with E-state index in [4.69, 9.17) is 4.74 Å². The summed E-state index contributed by atoms with van der Waals surface area (Å²) < 4.78 is 5.97. The highest BCUT2D eigenvalue weighted by molar-refractivity contribution is 5.84. The van der Waals surface area contributed by atoms with Crippen LogP contribution < -0.4 is 10.1 Å². The van der Waals surface area contributed by atoms with E-state index in [1.54, 1.807) is 0 Å². The molecule has 3 fully saturated rings. The highest BCUT2D eigenvalue weighted by Crippen LogP contribution is 2.57. The van der Waals surface area contributed by atoms with Gasteiger partial charge in [-0.05, 0) is 64.5 Å². The van der Waals surface area contributed by atoms with Crippen molar-refractivity contribution in [1.29, 1.82) is 0 Å². The molecule has 0 radical (unpaired) electrons. The van der Waals surface area contributed by atoms with E-state index >= 15 is 0 Å². The zero-order valence-corrected chi connectivity index (χ0v) is 15.0. The van der Waals surface area contributed by atoms with Crippen LogP contribution in [-0.4, -0.2) is 29.1 Å². The maximum atomic E-state index is 12.8. The van der Waals surface area contributed by atoms with Crippen LogP contribution in [-0.2, 0) is 9.59 Å². The number of hydrogen-bond donors (Lipinski definition) is 2. The maximum absolute atomic E-state index is 12.8. The minimum atomic E-state index is -0.696. The van der Waals surface area contributed by atoms with Gasteiger partial charge in [0.05, 0.1) is 12.0 Å². The van der Waals surface area contributed by atoms with Crippen molar-refractivity contribution < 1.29 is 19.4 Å². The largest absolute Gasteiger partial charge is 0.486 e. The lowest BCUT2D eigenvalue weighted by atomic mass is 9.53. The molecule has 5 nitrogen and oxygen atoms in total.